The predicted molar refractivity (Wildman–Crippen MR) is 71.0 cm³/mol. The van der Waals surface area contributed by atoms with Gasteiger partial charge in [0.2, 0.25) is 0 Å². The zero-order chi connectivity index (χ0) is 13.0. The molecule has 0 fully saturated rings. The third-order valence-corrected chi connectivity index (χ3v) is 2.84. The molecule has 0 radical (unpaired) electrons. The van der Waals surface area contributed by atoms with Gasteiger partial charge in [-0.05, 0) is 36.2 Å². The van der Waals surface area contributed by atoms with Crippen LogP contribution < -0.4 is 10.5 Å². The van der Waals surface area contributed by atoms with E-state index in [0.29, 0.717) is 11.3 Å². The van der Waals surface area contributed by atoms with Crippen molar-refractivity contribution in [2.75, 3.05) is 5.73 Å². The molecule has 94 valence electrons. The first-order chi connectivity index (χ1) is 8.70. The number of anilines is 1. The summed E-state index contributed by atoms with van der Waals surface area (Å²) in [6.45, 7) is 2.22. The standard InChI is InChI=1S/C15H16FNO/c1-2-11-5-3-6-12(9-11)18-10-13-14(16)7-4-8-15(13)17/h3-9H,2,10,17H2,1H3. The Hall–Kier alpha value is -2.03. The highest BCUT2D eigenvalue weighted by Gasteiger charge is 2.06. The summed E-state index contributed by atoms with van der Waals surface area (Å²) in [7, 11) is 0. The molecule has 0 heterocycles. The molecule has 2 nitrogen and oxygen atoms in total. The molecule has 0 saturated heterocycles. The Bertz CT molecular complexity index is 520. The van der Waals surface area contributed by atoms with Crippen LogP contribution in [0.5, 0.6) is 5.75 Å². The van der Waals surface area contributed by atoms with Crippen LogP contribution in [0.25, 0.3) is 0 Å². The molecule has 0 aliphatic heterocycles. The zero-order valence-corrected chi connectivity index (χ0v) is 10.3. The van der Waals surface area contributed by atoms with Crippen LogP contribution in [0.3, 0.4) is 0 Å². The zero-order valence-electron chi connectivity index (χ0n) is 10.3. The summed E-state index contributed by atoms with van der Waals surface area (Å²) in [6, 6.07) is 12.4. The Morgan fingerprint density at radius 3 is 2.67 bits per heavy atom. The van der Waals surface area contributed by atoms with E-state index in [9.17, 15) is 4.39 Å². The fourth-order valence-electron chi connectivity index (χ4n) is 1.74. The smallest absolute Gasteiger partial charge is 0.131 e. The third kappa shape index (κ3) is 2.80. The second-order valence-corrected chi connectivity index (χ2v) is 4.10. The summed E-state index contributed by atoms with van der Waals surface area (Å²) in [4.78, 5) is 0. The number of rotatable bonds is 4. The van der Waals surface area contributed by atoms with Gasteiger partial charge in [-0.2, -0.15) is 0 Å². The van der Waals surface area contributed by atoms with Crippen LogP contribution in [0.4, 0.5) is 10.1 Å². The first-order valence-electron chi connectivity index (χ1n) is 5.95. The van der Waals surface area contributed by atoms with Crippen molar-refractivity contribution >= 4 is 5.69 Å². The quantitative estimate of drug-likeness (QED) is 0.836. The SMILES string of the molecule is CCc1cccc(OCc2c(N)cccc2F)c1. The number of ether oxygens (including phenoxy) is 1. The molecule has 0 amide bonds. The summed E-state index contributed by atoms with van der Waals surface area (Å²) in [6.07, 6.45) is 0.943. The number of nitrogen functional groups attached to an aromatic ring is 1. The molecule has 0 saturated carbocycles. The maximum absolute atomic E-state index is 13.5. The minimum absolute atomic E-state index is 0.145. The topological polar surface area (TPSA) is 35.2 Å². The van der Waals surface area contributed by atoms with Gasteiger partial charge in [0.15, 0.2) is 0 Å². The number of benzene rings is 2. The Morgan fingerprint density at radius 1 is 1.17 bits per heavy atom. The highest BCUT2D eigenvalue weighted by atomic mass is 19.1. The summed E-state index contributed by atoms with van der Waals surface area (Å²) >= 11 is 0. The summed E-state index contributed by atoms with van der Waals surface area (Å²) in [5.74, 6) is 0.402. The van der Waals surface area contributed by atoms with Gasteiger partial charge < -0.3 is 10.5 Å². The Balaban J connectivity index is 2.11. The van der Waals surface area contributed by atoms with Gasteiger partial charge in [-0.1, -0.05) is 25.1 Å². The van der Waals surface area contributed by atoms with Crippen LogP contribution in [0.15, 0.2) is 42.5 Å². The van der Waals surface area contributed by atoms with E-state index in [2.05, 4.69) is 6.92 Å². The molecule has 0 bridgehead atoms. The number of aryl methyl sites for hydroxylation is 1. The normalized spacial score (nSPS) is 10.3. The first-order valence-corrected chi connectivity index (χ1v) is 5.95. The molecule has 2 aromatic rings. The lowest BCUT2D eigenvalue weighted by atomic mass is 10.1. The van der Waals surface area contributed by atoms with E-state index in [4.69, 9.17) is 10.5 Å². The van der Waals surface area contributed by atoms with Crippen molar-refractivity contribution in [2.24, 2.45) is 0 Å². The first kappa shape index (κ1) is 12.4. The molecule has 3 heteroatoms. The molecule has 2 rings (SSSR count). The Kier molecular flexibility index (Phi) is 3.82. The lowest BCUT2D eigenvalue weighted by molar-refractivity contribution is 0.300. The maximum atomic E-state index is 13.5. The highest BCUT2D eigenvalue weighted by Crippen LogP contribution is 2.20. The molecule has 0 unspecified atom stereocenters. The van der Waals surface area contributed by atoms with E-state index in [-0.39, 0.29) is 12.4 Å². The maximum Gasteiger partial charge on any atom is 0.131 e. The molecule has 18 heavy (non-hydrogen) atoms. The lowest BCUT2D eigenvalue weighted by Gasteiger charge is -2.10. The van der Waals surface area contributed by atoms with Gasteiger partial charge in [0.25, 0.3) is 0 Å². The number of hydrogen-bond donors (Lipinski definition) is 1. The molecule has 0 spiro atoms. The van der Waals surface area contributed by atoms with Crippen molar-refractivity contribution < 1.29 is 9.13 Å². The van der Waals surface area contributed by atoms with Gasteiger partial charge in [0.05, 0.1) is 0 Å². The summed E-state index contributed by atoms with van der Waals surface area (Å²) in [5.41, 5.74) is 7.73. The molecule has 0 aliphatic carbocycles. The van der Waals surface area contributed by atoms with Gasteiger partial charge in [-0.3, -0.25) is 0 Å². The van der Waals surface area contributed by atoms with Gasteiger partial charge >= 0.3 is 0 Å². The number of nitrogens with two attached hydrogens (primary N) is 1. The van der Waals surface area contributed by atoms with Crippen molar-refractivity contribution in [3.63, 3.8) is 0 Å². The van der Waals surface area contributed by atoms with Gasteiger partial charge in [-0.25, -0.2) is 4.39 Å². The Labute approximate surface area is 106 Å². The lowest BCUT2D eigenvalue weighted by Crippen LogP contribution is -2.03. The second kappa shape index (κ2) is 5.54. The van der Waals surface area contributed by atoms with Crippen molar-refractivity contribution in [3.05, 3.63) is 59.4 Å². The second-order valence-electron chi connectivity index (χ2n) is 4.10. The number of hydrogen-bond acceptors (Lipinski definition) is 2. The fourth-order valence-corrected chi connectivity index (χ4v) is 1.74. The molecule has 0 atom stereocenters. The van der Waals surface area contributed by atoms with E-state index >= 15 is 0 Å². The monoisotopic (exact) mass is 245 g/mol. The van der Waals surface area contributed by atoms with E-state index < -0.39 is 0 Å². The van der Waals surface area contributed by atoms with Crippen LogP contribution in [0.2, 0.25) is 0 Å². The van der Waals surface area contributed by atoms with Crippen LogP contribution in [-0.4, -0.2) is 0 Å². The minimum Gasteiger partial charge on any atom is -0.489 e. The van der Waals surface area contributed by atoms with Crippen molar-refractivity contribution in [3.8, 4) is 5.75 Å². The number of halogens is 1. The van der Waals surface area contributed by atoms with Crippen molar-refractivity contribution in [1.29, 1.82) is 0 Å². The molecular formula is C15H16FNO. The van der Waals surface area contributed by atoms with Gasteiger partial charge in [0, 0.05) is 11.3 Å². The average Bonchev–Trinajstić information content (AvgIpc) is 2.38. The summed E-state index contributed by atoms with van der Waals surface area (Å²) < 4.78 is 19.1. The molecule has 0 aromatic heterocycles. The van der Waals surface area contributed by atoms with Crippen LogP contribution >= 0.6 is 0 Å². The van der Waals surface area contributed by atoms with Crippen molar-refractivity contribution in [2.45, 2.75) is 20.0 Å². The van der Waals surface area contributed by atoms with Gasteiger partial charge in [-0.15, -0.1) is 0 Å². The van der Waals surface area contributed by atoms with E-state index in [1.807, 2.05) is 24.3 Å². The fraction of sp³-hybridized carbons (Fsp3) is 0.200. The van der Waals surface area contributed by atoms with E-state index in [0.717, 1.165) is 12.2 Å². The van der Waals surface area contributed by atoms with E-state index in [1.54, 1.807) is 12.1 Å². The highest BCUT2D eigenvalue weighted by molar-refractivity contribution is 5.47. The van der Waals surface area contributed by atoms with Crippen LogP contribution in [0, 0.1) is 5.82 Å². The molecule has 2 N–H and O–H groups in total. The predicted octanol–water partition coefficient (Wildman–Crippen LogP) is 3.55. The molecule has 2 aromatic carbocycles. The molecule has 0 aliphatic rings. The molecular weight excluding hydrogens is 229 g/mol. The minimum atomic E-state index is -0.332. The third-order valence-electron chi connectivity index (χ3n) is 2.84. The van der Waals surface area contributed by atoms with Crippen LogP contribution in [-0.2, 0) is 13.0 Å². The largest absolute Gasteiger partial charge is 0.489 e. The average molecular weight is 245 g/mol. The van der Waals surface area contributed by atoms with Gasteiger partial charge in [0.1, 0.15) is 18.2 Å². The van der Waals surface area contributed by atoms with E-state index in [1.165, 1.54) is 11.6 Å². The summed E-state index contributed by atoms with van der Waals surface area (Å²) in [5, 5.41) is 0. The Morgan fingerprint density at radius 2 is 1.94 bits per heavy atom. The van der Waals surface area contributed by atoms with Crippen molar-refractivity contribution in [1.82, 2.24) is 0 Å². The van der Waals surface area contributed by atoms with Crippen LogP contribution in [0.1, 0.15) is 18.1 Å².